The number of carbonyl (C=O) groups is 1. The van der Waals surface area contributed by atoms with E-state index in [1.807, 2.05) is 29.7 Å². The van der Waals surface area contributed by atoms with E-state index < -0.39 is 0 Å². The molecule has 134 valence electrons. The third-order valence-corrected chi connectivity index (χ3v) is 4.47. The maximum absolute atomic E-state index is 13.1. The van der Waals surface area contributed by atoms with Crippen molar-refractivity contribution in [2.45, 2.75) is 12.1 Å². The summed E-state index contributed by atoms with van der Waals surface area (Å²) in [4.78, 5) is 16.6. The van der Waals surface area contributed by atoms with Crippen LogP contribution in [-0.2, 0) is 4.79 Å². The van der Waals surface area contributed by atoms with Gasteiger partial charge in [-0.3, -0.25) is 9.36 Å². The Labute approximate surface area is 155 Å². The van der Waals surface area contributed by atoms with Crippen LogP contribution < -0.4 is 10.1 Å². The fourth-order valence-electron chi connectivity index (χ4n) is 2.36. The van der Waals surface area contributed by atoms with Crippen LogP contribution in [0.4, 0.5) is 10.1 Å². The highest BCUT2D eigenvalue weighted by Crippen LogP contribution is 2.25. The van der Waals surface area contributed by atoms with Gasteiger partial charge >= 0.3 is 0 Å². The van der Waals surface area contributed by atoms with Crippen LogP contribution in [0.3, 0.4) is 0 Å². The lowest BCUT2D eigenvalue weighted by molar-refractivity contribution is -0.113. The van der Waals surface area contributed by atoms with E-state index in [0.717, 1.165) is 5.69 Å². The summed E-state index contributed by atoms with van der Waals surface area (Å²) in [6.07, 6.45) is 3.42. The van der Waals surface area contributed by atoms with Gasteiger partial charge in [-0.25, -0.2) is 9.37 Å². The van der Waals surface area contributed by atoms with Gasteiger partial charge in [-0.1, -0.05) is 23.9 Å². The van der Waals surface area contributed by atoms with Gasteiger partial charge in [-0.15, -0.1) is 0 Å². The van der Waals surface area contributed by atoms with Crippen LogP contribution in [0.1, 0.15) is 6.92 Å². The molecule has 0 spiro atoms. The van der Waals surface area contributed by atoms with Gasteiger partial charge in [0.05, 0.1) is 18.0 Å². The van der Waals surface area contributed by atoms with Gasteiger partial charge in [0.2, 0.25) is 5.91 Å². The number of carbonyl (C=O) groups excluding carboxylic acids is 1. The summed E-state index contributed by atoms with van der Waals surface area (Å²) < 4.78 is 20.4. The number of imidazole rings is 1. The summed E-state index contributed by atoms with van der Waals surface area (Å²) in [7, 11) is 0. The van der Waals surface area contributed by atoms with Crippen LogP contribution in [0, 0.1) is 5.82 Å². The minimum absolute atomic E-state index is 0.157. The second-order valence-corrected chi connectivity index (χ2v) is 6.26. The predicted octanol–water partition coefficient (Wildman–Crippen LogP) is 4.14. The van der Waals surface area contributed by atoms with Crippen LogP contribution in [-0.4, -0.2) is 27.8 Å². The molecule has 1 amide bonds. The first-order valence-electron chi connectivity index (χ1n) is 8.11. The quantitative estimate of drug-likeness (QED) is 0.634. The number of thioether (sulfide) groups is 1. The lowest BCUT2D eigenvalue weighted by atomic mass is 10.3. The number of hydrogen-bond donors (Lipinski definition) is 1. The van der Waals surface area contributed by atoms with Crippen molar-refractivity contribution in [1.82, 2.24) is 9.55 Å². The van der Waals surface area contributed by atoms with Gasteiger partial charge < -0.3 is 10.1 Å². The summed E-state index contributed by atoms with van der Waals surface area (Å²) in [5, 5.41) is 3.51. The van der Waals surface area contributed by atoms with Crippen molar-refractivity contribution in [2.75, 3.05) is 17.7 Å². The molecule has 3 aromatic rings. The number of benzene rings is 2. The Morgan fingerprint density at radius 2 is 2.00 bits per heavy atom. The number of nitrogens with zero attached hydrogens (tertiary/aromatic N) is 2. The third kappa shape index (κ3) is 4.43. The molecule has 7 heteroatoms. The van der Waals surface area contributed by atoms with Gasteiger partial charge in [-0.2, -0.15) is 0 Å². The van der Waals surface area contributed by atoms with Crippen molar-refractivity contribution in [3.63, 3.8) is 0 Å². The molecule has 0 bridgehead atoms. The number of anilines is 1. The molecule has 1 aromatic heterocycles. The van der Waals surface area contributed by atoms with Crippen LogP contribution >= 0.6 is 11.8 Å². The summed E-state index contributed by atoms with van der Waals surface area (Å²) in [6, 6.07) is 13.4. The number of amides is 1. The van der Waals surface area contributed by atoms with E-state index >= 15 is 0 Å². The molecular formula is C19H18FN3O2S. The zero-order chi connectivity index (χ0) is 18.4. The second kappa shape index (κ2) is 8.53. The zero-order valence-corrected chi connectivity index (χ0v) is 15.0. The Hall–Kier alpha value is -2.80. The average Bonchev–Trinajstić information content (AvgIpc) is 3.11. The Kier molecular flexibility index (Phi) is 5.91. The smallest absolute Gasteiger partial charge is 0.234 e. The zero-order valence-electron chi connectivity index (χ0n) is 14.2. The lowest BCUT2D eigenvalue weighted by Gasteiger charge is -2.11. The minimum Gasteiger partial charge on any atom is -0.492 e. The minimum atomic E-state index is -0.296. The normalized spacial score (nSPS) is 10.5. The van der Waals surface area contributed by atoms with Gasteiger partial charge in [0.25, 0.3) is 0 Å². The predicted molar refractivity (Wildman–Crippen MR) is 100 cm³/mol. The highest BCUT2D eigenvalue weighted by molar-refractivity contribution is 7.99. The molecule has 3 rings (SSSR count). The van der Waals surface area contributed by atoms with E-state index in [2.05, 4.69) is 10.3 Å². The number of para-hydroxylation sites is 2. The molecule has 0 aliphatic heterocycles. The molecule has 26 heavy (non-hydrogen) atoms. The average molecular weight is 371 g/mol. The molecule has 0 fully saturated rings. The van der Waals surface area contributed by atoms with Gasteiger partial charge in [0, 0.05) is 18.1 Å². The van der Waals surface area contributed by atoms with E-state index in [0.29, 0.717) is 23.2 Å². The first-order valence-corrected chi connectivity index (χ1v) is 9.09. The molecule has 0 atom stereocenters. The van der Waals surface area contributed by atoms with E-state index in [1.165, 1.54) is 23.9 Å². The number of halogens is 1. The highest BCUT2D eigenvalue weighted by Gasteiger charge is 2.11. The third-order valence-electron chi connectivity index (χ3n) is 3.50. The molecular weight excluding hydrogens is 353 g/mol. The van der Waals surface area contributed by atoms with Gasteiger partial charge in [-0.05, 0) is 43.3 Å². The molecule has 0 aliphatic rings. The standard InChI is InChI=1S/C19H18FN3O2S/c1-2-25-17-6-4-3-5-16(17)22-18(24)13-26-19-21-11-12-23(19)15-9-7-14(20)8-10-15/h3-12H,2,13H2,1H3,(H,22,24). The highest BCUT2D eigenvalue weighted by atomic mass is 32.2. The number of aromatic nitrogens is 2. The Bertz CT molecular complexity index is 881. The van der Waals surface area contributed by atoms with Crippen molar-refractivity contribution < 1.29 is 13.9 Å². The molecule has 5 nitrogen and oxygen atoms in total. The van der Waals surface area contributed by atoms with Crippen molar-refractivity contribution in [3.8, 4) is 11.4 Å². The molecule has 0 unspecified atom stereocenters. The van der Waals surface area contributed by atoms with E-state index in [9.17, 15) is 9.18 Å². The maximum atomic E-state index is 13.1. The SMILES string of the molecule is CCOc1ccccc1NC(=O)CSc1nccn1-c1ccc(F)cc1. The summed E-state index contributed by atoms with van der Waals surface area (Å²) in [6.45, 7) is 2.42. The van der Waals surface area contributed by atoms with E-state index in [-0.39, 0.29) is 17.5 Å². The molecule has 0 radical (unpaired) electrons. The topological polar surface area (TPSA) is 56.1 Å². The number of ether oxygens (including phenoxy) is 1. The maximum Gasteiger partial charge on any atom is 0.234 e. The largest absolute Gasteiger partial charge is 0.492 e. The van der Waals surface area contributed by atoms with Crippen LogP contribution in [0.25, 0.3) is 5.69 Å². The van der Waals surface area contributed by atoms with Crippen molar-refractivity contribution >= 4 is 23.4 Å². The first kappa shape index (κ1) is 18.0. The monoisotopic (exact) mass is 371 g/mol. The van der Waals surface area contributed by atoms with Crippen LogP contribution in [0.15, 0.2) is 66.1 Å². The van der Waals surface area contributed by atoms with Crippen molar-refractivity contribution in [1.29, 1.82) is 0 Å². The fourth-order valence-corrected chi connectivity index (χ4v) is 3.14. The molecule has 0 saturated heterocycles. The number of hydrogen-bond acceptors (Lipinski definition) is 4. The van der Waals surface area contributed by atoms with Crippen LogP contribution in [0.5, 0.6) is 5.75 Å². The summed E-state index contributed by atoms with van der Waals surface area (Å²) in [5.74, 6) is 0.381. The lowest BCUT2D eigenvalue weighted by Crippen LogP contribution is -2.15. The molecule has 0 saturated carbocycles. The Balaban J connectivity index is 1.64. The Morgan fingerprint density at radius 1 is 1.23 bits per heavy atom. The second-order valence-electron chi connectivity index (χ2n) is 5.32. The first-order chi connectivity index (χ1) is 12.7. The fraction of sp³-hybridized carbons (Fsp3) is 0.158. The van der Waals surface area contributed by atoms with Crippen molar-refractivity contribution in [2.24, 2.45) is 0 Å². The molecule has 0 aliphatic carbocycles. The molecule has 1 N–H and O–H groups in total. The number of nitrogens with one attached hydrogen (secondary N) is 1. The van der Waals surface area contributed by atoms with Gasteiger partial charge in [0.15, 0.2) is 5.16 Å². The molecule has 1 heterocycles. The van der Waals surface area contributed by atoms with Gasteiger partial charge in [0.1, 0.15) is 11.6 Å². The summed E-state index contributed by atoms with van der Waals surface area (Å²) >= 11 is 1.30. The van der Waals surface area contributed by atoms with E-state index in [4.69, 9.17) is 4.74 Å². The van der Waals surface area contributed by atoms with E-state index in [1.54, 1.807) is 30.6 Å². The molecule has 2 aromatic carbocycles. The summed E-state index contributed by atoms with van der Waals surface area (Å²) in [5.41, 5.74) is 1.43. The number of rotatable bonds is 7. The van der Waals surface area contributed by atoms with Crippen LogP contribution in [0.2, 0.25) is 0 Å². The van der Waals surface area contributed by atoms with Crippen molar-refractivity contribution in [3.05, 3.63) is 66.7 Å². The Morgan fingerprint density at radius 3 is 2.77 bits per heavy atom.